The van der Waals surface area contributed by atoms with Crippen LogP contribution in [0.5, 0.6) is 0 Å². The van der Waals surface area contributed by atoms with Gasteiger partial charge in [0.25, 0.3) is 0 Å². The molecule has 1 atom stereocenters. The average molecular weight is 260 g/mol. The van der Waals surface area contributed by atoms with E-state index < -0.39 is 12.1 Å². The summed E-state index contributed by atoms with van der Waals surface area (Å²) in [6, 6.07) is 7.28. The smallest absolute Gasteiger partial charge is 0.407 e. The number of carbonyl (C=O) groups excluding carboxylic acids is 1. The number of fused-ring (bicyclic) bond motifs is 1. The standard InChI is InChI=1S/C13H12N2O4/c16-12(17)10-7-15(6-8-5-14-13(18)19-8)11-4-2-1-3-9(10)11/h1-4,7-8H,5-6H2,(H,14,18)(H,16,17). The van der Waals surface area contributed by atoms with Gasteiger partial charge in [0.2, 0.25) is 0 Å². The molecule has 1 saturated heterocycles. The van der Waals surface area contributed by atoms with Crippen LogP contribution < -0.4 is 5.32 Å². The Labute approximate surface area is 108 Å². The van der Waals surface area contributed by atoms with Crippen molar-refractivity contribution in [3.8, 4) is 0 Å². The summed E-state index contributed by atoms with van der Waals surface area (Å²) in [5.41, 5.74) is 1.08. The number of rotatable bonds is 3. The van der Waals surface area contributed by atoms with Crippen LogP contribution in [-0.2, 0) is 11.3 Å². The highest BCUT2D eigenvalue weighted by molar-refractivity contribution is 6.03. The number of aromatic carboxylic acids is 1. The van der Waals surface area contributed by atoms with E-state index in [4.69, 9.17) is 4.74 Å². The van der Waals surface area contributed by atoms with Gasteiger partial charge in [-0.25, -0.2) is 9.59 Å². The highest BCUT2D eigenvalue weighted by atomic mass is 16.6. The van der Waals surface area contributed by atoms with Crippen LogP contribution >= 0.6 is 0 Å². The summed E-state index contributed by atoms with van der Waals surface area (Å²) < 4.78 is 6.87. The number of hydrogen-bond donors (Lipinski definition) is 2. The van der Waals surface area contributed by atoms with Crippen LogP contribution in [0.2, 0.25) is 0 Å². The highest BCUT2D eigenvalue weighted by Crippen LogP contribution is 2.22. The van der Waals surface area contributed by atoms with Crippen molar-refractivity contribution >= 4 is 23.0 Å². The third kappa shape index (κ3) is 2.01. The van der Waals surface area contributed by atoms with Crippen molar-refractivity contribution in [3.63, 3.8) is 0 Å². The van der Waals surface area contributed by atoms with Crippen LogP contribution in [0.3, 0.4) is 0 Å². The molecule has 0 aliphatic carbocycles. The van der Waals surface area contributed by atoms with Gasteiger partial charge in [0, 0.05) is 17.1 Å². The first kappa shape index (κ1) is 11.6. The fourth-order valence-corrected chi connectivity index (χ4v) is 2.32. The van der Waals surface area contributed by atoms with Crippen LogP contribution in [0.4, 0.5) is 4.79 Å². The van der Waals surface area contributed by atoms with E-state index in [2.05, 4.69) is 5.32 Å². The molecule has 1 unspecified atom stereocenters. The van der Waals surface area contributed by atoms with E-state index in [0.29, 0.717) is 18.5 Å². The second-order valence-corrected chi connectivity index (χ2v) is 4.43. The number of carboxylic acid groups (broad SMARTS) is 1. The van der Waals surface area contributed by atoms with Crippen molar-refractivity contribution in [2.24, 2.45) is 0 Å². The molecular formula is C13H12N2O4. The largest absolute Gasteiger partial charge is 0.478 e. The molecule has 3 rings (SSSR count). The summed E-state index contributed by atoms with van der Waals surface area (Å²) in [5, 5.41) is 12.5. The van der Waals surface area contributed by atoms with Crippen LogP contribution in [0.15, 0.2) is 30.5 Å². The maximum Gasteiger partial charge on any atom is 0.407 e. The Morgan fingerprint density at radius 2 is 2.26 bits per heavy atom. The van der Waals surface area contributed by atoms with Crippen LogP contribution in [0, 0.1) is 0 Å². The normalized spacial score (nSPS) is 18.3. The Morgan fingerprint density at radius 1 is 1.47 bits per heavy atom. The zero-order valence-electron chi connectivity index (χ0n) is 10.00. The fourth-order valence-electron chi connectivity index (χ4n) is 2.32. The average Bonchev–Trinajstić information content (AvgIpc) is 2.95. The lowest BCUT2D eigenvalue weighted by molar-refractivity contribution is 0.0698. The van der Waals surface area contributed by atoms with Crippen molar-refractivity contribution < 1.29 is 19.4 Å². The van der Waals surface area contributed by atoms with Crippen molar-refractivity contribution in [3.05, 3.63) is 36.0 Å². The van der Waals surface area contributed by atoms with E-state index in [0.717, 1.165) is 5.52 Å². The molecule has 1 aliphatic heterocycles. The number of hydrogen-bond acceptors (Lipinski definition) is 3. The summed E-state index contributed by atoms with van der Waals surface area (Å²) in [7, 11) is 0. The predicted octanol–water partition coefficient (Wildman–Crippen LogP) is 1.45. The van der Waals surface area contributed by atoms with Gasteiger partial charge >= 0.3 is 12.1 Å². The molecule has 0 spiro atoms. The quantitative estimate of drug-likeness (QED) is 0.875. The minimum absolute atomic E-state index is 0.257. The number of benzene rings is 1. The Kier molecular flexibility index (Phi) is 2.63. The van der Waals surface area contributed by atoms with Crippen molar-refractivity contribution in [2.45, 2.75) is 12.6 Å². The molecule has 0 saturated carbocycles. The number of amides is 1. The zero-order chi connectivity index (χ0) is 13.4. The summed E-state index contributed by atoms with van der Waals surface area (Å²) in [4.78, 5) is 22.2. The number of carboxylic acids is 1. The van der Waals surface area contributed by atoms with Gasteiger partial charge in [-0.1, -0.05) is 18.2 Å². The van der Waals surface area contributed by atoms with Gasteiger partial charge in [0.05, 0.1) is 18.7 Å². The molecular weight excluding hydrogens is 248 g/mol. The molecule has 1 amide bonds. The number of ether oxygens (including phenoxy) is 1. The summed E-state index contributed by atoms with van der Waals surface area (Å²) in [6.07, 6.45) is 0.879. The Morgan fingerprint density at radius 3 is 2.95 bits per heavy atom. The van der Waals surface area contributed by atoms with Gasteiger partial charge in [-0.15, -0.1) is 0 Å². The monoisotopic (exact) mass is 260 g/mol. The van der Waals surface area contributed by atoms with Gasteiger partial charge in [-0.3, -0.25) is 0 Å². The number of nitrogens with one attached hydrogen (secondary N) is 1. The first-order chi connectivity index (χ1) is 9.15. The molecule has 2 N–H and O–H groups in total. The maximum atomic E-state index is 11.2. The number of para-hydroxylation sites is 1. The lowest BCUT2D eigenvalue weighted by Gasteiger charge is -2.09. The van der Waals surface area contributed by atoms with Crippen molar-refractivity contribution in [1.82, 2.24) is 9.88 Å². The number of nitrogens with zero attached hydrogens (tertiary/aromatic N) is 1. The van der Waals surface area contributed by atoms with Gasteiger partial charge in [-0.2, -0.15) is 0 Å². The summed E-state index contributed by atoms with van der Waals surface area (Å²) >= 11 is 0. The Hall–Kier alpha value is -2.50. The second-order valence-electron chi connectivity index (χ2n) is 4.43. The predicted molar refractivity (Wildman–Crippen MR) is 67.2 cm³/mol. The summed E-state index contributed by atoms with van der Waals surface area (Å²) in [6.45, 7) is 0.875. The van der Waals surface area contributed by atoms with Crippen LogP contribution in [0.1, 0.15) is 10.4 Å². The Balaban J connectivity index is 1.99. The van der Waals surface area contributed by atoms with Gasteiger partial charge in [-0.05, 0) is 6.07 Å². The highest BCUT2D eigenvalue weighted by Gasteiger charge is 2.24. The van der Waals surface area contributed by atoms with Gasteiger partial charge < -0.3 is 19.7 Å². The van der Waals surface area contributed by atoms with E-state index in [-0.39, 0.29) is 11.7 Å². The molecule has 1 aliphatic rings. The minimum Gasteiger partial charge on any atom is -0.478 e. The molecule has 2 aromatic rings. The molecule has 6 heteroatoms. The van der Waals surface area contributed by atoms with E-state index in [1.54, 1.807) is 18.3 Å². The fraction of sp³-hybridized carbons (Fsp3) is 0.231. The lowest BCUT2D eigenvalue weighted by Crippen LogP contribution is -2.20. The van der Waals surface area contributed by atoms with Crippen LogP contribution in [-0.4, -0.2) is 34.4 Å². The molecule has 0 radical (unpaired) electrons. The van der Waals surface area contributed by atoms with E-state index >= 15 is 0 Å². The first-order valence-electron chi connectivity index (χ1n) is 5.91. The van der Waals surface area contributed by atoms with Crippen LogP contribution in [0.25, 0.3) is 10.9 Å². The lowest BCUT2D eigenvalue weighted by atomic mass is 10.2. The van der Waals surface area contributed by atoms with E-state index in [1.165, 1.54) is 0 Å². The Bertz CT molecular complexity index is 662. The van der Waals surface area contributed by atoms with Gasteiger partial charge in [0.15, 0.2) is 0 Å². The number of carbonyl (C=O) groups is 2. The maximum absolute atomic E-state index is 11.2. The molecule has 1 aromatic heterocycles. The van der Waals surface area contributed by atoms with E-state index in [9.17, 15) is 14.7 Å². The van der Waals surface area contributed by atoms with Crippen molar-refractivity contribution in [2.75, 3.05) is 6.54 Å². The number of aromatic nitrogens is 1. The minimum atomic E-state index is -0.962. The molecule has 98 valence electrons. The molecule has 6 nitrogen and oxygen atoms in total. The topological polar surface area (TPSA) is 80.6 Å². The van der Waals surface area contributed by atoms with Crippen molar-refractivity contribution in [1.29, 1.82) is 0 Å². The zero-order valence-corrected chi connectivity index (χ0v) is 10.00. The second kappa shape index (κ2) is 4.31. The molecule has 1 aromatic carbocycles. The number of alkyl carbamates (subject to hydrolysis) is 1. The molecule has 0 bridgehead atoms. The van der Waals surface area contributed by atoms with Gasteiger partial charge in [0.1, 0.15) is 6.10 Å². The first-order valence-corrected chi connectivity index (χ1v) is 5.91. The number of cyclic esters (lactones) is 1. The third-order valence-corrected chi connectivity index (χ3v) is 3.17. The molecule has 1 fully saturated rings. The third-order valence-electron chi connectivity index (χ3n) is 3.17. The summed E-state index contributed by atoms with van der Waals surface area (Å²) in [5.74, 6) is -0.962. The molecule has 2 heterocycles. The molecule has 19 heavy (non-hydrogen) atoms. The van der Waals surface area contributed by atoms with E-state index in [1.807, 2.05) is 16.7 Å². The SMILES string of the molecule is O=C1NCC(Cn2cc(C(=O)O)c3ccccc32)O1.